The smallest absolute Gasteiger partial charge is 0.326 e. The van der Waals surface area contributed by atoms with Crippen LogP contribution in [0.2, 0.25) is 0 Å². The fourth-order valence-corrected chi connectivity index (χ4v) is 2.83. The quantitative estimate of drug-likeness (QED) is 0.558. The molecule has 1 N–H and O–H groups in total. The predicted octanol–water partition coefficient (Wildman–Crippen LogP) is 2.55. The Hall–Kier alpha value is -2.70. The molecule has 0 atom stereocenters. The number of hydrogen-bond acceptors (Lipinski definition) is 5. The largest absolute Gasteiger partial charge is 0.456 e. The zero-order valence-electron chi connectivity index (χ0n) is 15.7. The van der Waals surface area contributed by atoms with Crippen LogP contribution in [0.15, 0.2) is 24.3 Å². The van der Waals surface area contributed by atoms with Crippen LogP contribution in [-0.2, 0) is 19.1 Å². The molecular formula is C20H26N2O5. The number of hydrogen-bond donors (Lipinski definition) is 1. The number of nitrogens with one attached hydrogen (secondary N) is 1. The third-order valence-corrected chi connectivity index (χ3v) is 4.32. The summed E-state index contributed by atoms with van der Waals surface area (Å²) in [7, 11) is 0. The van der Waals surface area contributed by atoms with Gasteiger partial charge in [-0.05, 0) is 43.5 Å². The summed E-state index contributed by atoms with van der Waals surface area (Å²) in [6, 6.07) is 6.43. The monoisotopic (exact) mass is 374 g/mol. The lowest BCUT2D eigenvalue weighted by atomic mass is 10.1. The van der Waals surface area contributed by atoms with Crippen molar-refractivity contribution >= 4 is 29.3 Å². The number of amides is 2. The van der Waals surface area contributed by atoms with Gasteiger partial charge in [-0.1, -0.05) is 13.3 Å². The van der Waals surface area contributed by atoms with Crippen molar-refractivity contribution in [2.24, 2.45) is 0 Å². The summed E-state index contributed by atoms with van der Waals surface area (Å²) in [4.78, 5) is 49.0. The van der Waals surface area contributed by atoms with E-state index in [1.807, 2.05) is 6.92 Å². The standard InChI is InChI=1S/C20H26N2O5/c1-2-6-18(24)21-16-10-8-15(9-11-16)17(23)14-27-20(26)13-22-12-5-3-4-7-19(22)25/h8-11H,2-7,12-14H2,1H3,(H,21,24). The van der Waals surface area contributed by atoms with E-state index in [1.165, 1.54) is 4.90 Å². The predicted molar refractivity (Wildman–Crippen MR) is 100 cm³/mol. The molecule has 1 aromatic rings. The molecule has 1 heterocycles. The Morgan fingerprint density at radius 1 is 1.11 bits per heavy atom. The minimum atomic E-state index is -0.581. The molecule has 1 saturated heterocycles. The van der Waals surface area contributed by atoms with E-state index < -0.39 is 5.97 Å². The van der Waals surface area contributed by atoms with Gasteiger partial charge in [-0.3, -0.25) is 19.2 Å². The second kappa shape index (κ2) is 10.4. The van der Waals surface area contributed by atoms with Crippen molar-refractivity contribution in [2.75, 3.05) is 25.0 Å². The fraction of sp³-hybridized carbons (Fsp3) is 0.500. The summed E-state index contributed by atoms with van der Waals surface area (Å²) in [6.45, 7) is 1.98. The van der Waals surface area contributed by atoms with Gasteiger partial charge in [0.1, 0.15) is 6.54 Å². The number of benzene rings is 1. The average molecular weight is 374 g/mol. The molecule has 1 fully saturated rings. The van der Waals surface area contributed by atoms with Gasteiger partial charge in [-0.2, -0.15) is 0 Å². The number of nitrogens with zero attached hydrogens (tertiary/aromatic N) is 1. The van der Waals surface area contributed by atoms with Crippen LogP contribution in [0.25, 0.3) is 0 Å². The molecule has 0 spiro atoms. The lowest BCUT2D eigenvalue weighted by Crippen LogP contribution is -2.36. The van der Waals surface area contributed by atoms with E-state index in [2.05, 4.69) is 5.32 Å². The minimum Gasteiger partial charge on any atom is -0.456 e. The van der Waals surface area contributed by atoms with Crippen molar-refractivity contribution < 1.29 is 23.9 Å². The van der Waals surface area contributed by atoms with E-state index in [1.54, 1.807) is 24.3 Å². The molecule has 0 aliphatic carbocycles. The first-order valence-corrected chi connectivity index (χ1v) is 9.36. The summed E-state index contributed by atoms with van der Waals surface area (Å²) in [5.74, 6) is -1.04. The van der Waals surface area contributed by atoms with Gasteiger partial charge in [-0.15, -0.1) is 0 Å². The van der Waals surface area contributed by atoms with Crippen LogP contribution in [0.4, 0.5) is 5.69 Å². The van der Waals surface area contributed by atoms with Crippen LogP contribution in [0.1, 0.15) is 55.8 Å². The van der Waals surface area contributed by atoms with Gasteiger partial charge in [0.05, 0.1) is 0 Å². The van der Waals surface area contributed by atoms with Gasteiger partial charge in [-0.25, -0.2) is 0 Å². The molecule has 1 aromatic carbocycles. The maximum absolute atomic E-state index is 12.2. The molecule has 1 aliphatic rings. The number of ether oxygens (including phenoxy) is 1. The molecule has 2 amide bonds. The van der Waals surface area contributed by atoms with E-state index in [9.17, 15) is 19.2 Å². The van der Waals surface area contributed by atoms with E-state index in [0.29, 0.717) is 30.6 Å². The maximum Gasteiger partial charge on any atom is 0.326 e. The highest BCUT2D eigenvalue weighted by Crippen LogP contribution is 2.12. The van der Waals surface area contributed by atoms with Crippen molar-refractivity contribution in [3.63, 3.8) is 0 Å². The van der Waals surface area contributed by atoms with E-state index in [0.717, 1.165) is 25.7 Å². The molecule has 7 nitrogen and oxygen atoms in total. The van der Waals surface area contributed by atoms with Gasteiger partial charge in [0.15, 0.2) is 12.4 Å². The molecule has 27 heavy (non-hydrogen) atoms. The first-order chi connectivity index (χ1) is 13.0. The van der Waals surface area contributed by atoms with Crippen LogP contribution in [0.5, 0.6) is 0 Å². The number of anilines is 1. The number of carbonyl (C=O) groups is 4. The van der Waals surface area contributed by atoms with E-state index in [4.69, 9.17) is 4.74 Å². The Balaban J connectivity index is 1.79. The Labute approximate surface area is 159 Å². The number of rotatable bonds is 8. The zero-order valence-corrected chi connectivity index (χ0v) is 15.7. The van der Waals surface area contributed by atoms with Crippen LogP contribution >= 0.6 is 0 Å². The van der Waals surface area contributed by atoms with Gasteiger partial charge < -0.3 is 15.0 Å². The molecule has 0 aromatic heterocycles. The number of carbonyl (C=O) groups excluding carboxylic acids is 4. The Kier molecular flexibility index (Phi) is 7.98. The first-order valence-electron chi connectivity index (χ1n) is 9.36. The maximum atomic E-state index is 12.2. The highest BCUT2D eigenvalue weighted by Gasteiger charge is 2.20. The van der Waals surface area contributed by atoms with Gasteiger partial charge in [0.2, 0.25) is 11.8 Å². The van der Waals surface area contributed by atoms with Crippen LogP contribution < -0.4 is 5.32 Å². The van der Waals surface area contributed by atoms with Crippen molar-refractivity contribution in [1.82, 2.24) is 4.90 Å². The lowest BCUT2D eigenvalue weighted by Gasteiger charge is -2.19. The molecule has 0 saturated carbocycles. The highest BCUT2D eigenvalue weighted by molar-refractivity contribution is 5.99. The Bertz CT molecular complexity index is 684. The van der Waals surface area contributed by atoms with E-state index >= 15 is 0 Å². The lowest BCUT2D eigenvalue weighted by molar-refractivity contribution is -0.148. The SMILES string of the molecule is CCCC(=O)Nc1ccc(C(=O)COC(=O)CN2CCCCCC2=O)cc1. The molecule has 0 radical (unpaired) electrons. The third-order valence-electron chi connectivity index (χ3n) is 4.32. The third kappa shape index (κ3) is 6.84. The molecule has 1 aliphatic heterocycles. The highest BCUT2D eigenvalue weighted by atomic mass is 16.5. The van der Waals surface area contributed by atoms with Crippen LogP contribution in [0, 0.1) is 0 Å². The topological polar surface area (TPSA) is 92.8 Å². The Morgan fingerprint density at radius 2 is 1.85 bits per heavy atom. The van der Waals surface area contributed by atoms with Gasteiger partial charge >= 0.3 is 5.97 Å². The number of ketones is 1. The van der Waals surface area contributed by atoms with Crippen LogP contribution in [-0.4, -0.2) is 48.2 Å². The van der Waals surface area contributed by atoms with E-state index in [-0.39, 0.29) is 30.7 Å². The second-order valence-corrected chi connectivity index (χ2v) is 6.59. The molecule has 146 valence electrons. The minimum absolute atomic E-state index is 0.0449. The fourth-order valence-electron chi connectivity index (χ4n) is 2.83. The summed E-state index contributed by atoms with van der Waals surface area (Å²) >= 11 is 0. The number of likely N-dealkylation sites (tertiary alicyclic amines) is 1. The molecule has 2 rings (SSSR count). The second-order valence-electron chi connectivity index (χ2n) is 6.59. The van der Waals surface area contributed by atoms with Crippen LogP contribution in [0.3, 0.4) is 0 Å². The number of Topliss-reactive ketones (excluding diaryl/α,β-unsaturated/α-hetero) is 1. The van der Waals surface area contributed by atoms with Gasteiger partial charge in [0, 0.05) is 30.6 Å². The molecular weight excluding hydrogens is 348 g/mol. The molecule has 0 unspecified atom stereocenters. The summed E-state index contributed by atoms with van der Waals surface area (Å²) < 4.78 is 5.02. The first kappa shape index (κ1) is 20.6. The summed E-state index contributed by atoms with van der Waals surface area (Å²) in [5, 5.41) is 2.74. The normalized spacial score (nSPS) is 14.4. The number of esters is 1. The molecule has 7 heteroatoms. The summed E-state index contributed by atoms with van der Waals surface area (Å²) in [5.41, 5.74) is 1.00. The van der Waals surface area contributed by atoms with Crippen molar-refractivity contribution in [2.45, 2.75) is 45.4 Å². The summed E-state index contributed by atoms with van der Waals surface area (Å²) in [6.07, 6.45) is 4.35. The van der Waals surface area contributed by atoms with Crippen molar-refractivity contribution in [3.05, 3.63) is 29.8 Å². The zero-order chi connectivity index (χ0) is 19.6. The van der Waals surface area contributed by atoms with Crippen molar-refractivity contribution in [1.29, 1.82) is 0 Å². The van der Waals surface area contributed by atoms with Gasteiger partial charge in [0.25, 0.3) is 0 Å². The van der Waals surface area contributed by atoms with Crippen molar-refractivity contribution in [3.8, 4) is 0 Å². The molecule has 0 bridgehead atoms. The average Bonchev–Trinajstić information content (AvgIpc) is 2.85. The Morgan fingerprint density at radius 3 is 2.56 bits per heavy atom.